The Labute approximate surface area is 102 Å². The van der Waals surface area contributed by atoms with E-state index in [2.05, 4.69) is 15.3 Å². The summed E-state index contributed by atoms with van der Waals surface area (Å²) in [6.07, 6.45) is 5.32. The average Bonchev–Trinajstić information content (AvgIpc) is 2.84. The van der Waals surface area contributed by atoms with Gasteiger partial charge >= 0.3 is 0 Å². The van der Waals surface area contributed by atoms with Crippen LogP contribution in [0.3, 0.4) is 0 Å². The molecule has 2 unspecified atom stereocenters. The number of ether oxygens (including phenoxy) is 1. The van der Waals surface area contributed by atoms with E-state index in [0.29, 0.717) is 17.7 Å². The van der Waals surface area contributed by atoms with Gasteiger partial charge in [0.1, 0.15) is 12.1 Å². The fourth-order valence-electron chi connectivity index (χ4n) is 2.48. The number of nitrogens with two attached hydrogens (primary N) is 1. The molecule has 5 heteroatoms. The molecule has 0 bridgehead atoms. The van der Waals surface area contributed by atoms with Crippen LogP contribution in [0.15, 0.2) is 12.4 Å². The Hall–Kier alpha value is -1.36. The smallest absolute Gasteiger partial charge is 0.218 e. The molecule has 2 atom stereocenters. The summed E-state index contributed by atoms with van der Waals surface area (Å²) in [5, 5.41) is 3.34. The van der Waals surface area contributed by atoms with Crippen molar-refractivity contribution >= 4 is 5.82 Å². The molecule has 0 saturated heterocycles. The second-order valence-corrected chi connectivity index (χ2v) is 4.51. The third-order valence-electron chi connectivity index (χ3n) is 3.52. The largest absolute Gasteiger partial charge is 0.481 e. The lowest BCUT2D eigenvalue weighted by molar-refractivity contribution is 0.396. The molecule has 17 heavy (non-hydrogen) atoms. The maximum Gasteiger partial charge on any atom is 0.218 e. The molecule has 5 nitrogen and oxygen atoms in total. The van der Waals surface area contributed by atoms with E-state index in [-0.39, 0.29) is 0 Å². The van der Waals surface area contributed by atoms with Gasteiger partial charge in [0.25, 0.3) is 0 Å². The highest BCUT2D eigenvalue weighted by molar-refractivity contribution is 5.37. The summed E-state index contributed by atoms with van der Waals surface area (Å²) in [5.41, 5.74) is 5.77. The van der Waals surface area contributed by atoms with E-state index in [4.69, 9.17) is 10.5 Å². The predicted molar refractivity (Wildman–Crippen MR) is 67.0 cm³/mol. The van der Waals surface area contributed by atoms with Crippen LogP contribution in [-0.2, 0) is 0 Å². The van der Waals surface area contributed by atoms with Crippen molar-refractivity contribution < 1.29 is 4.74 Å². The van der Waals surface area contributed by atoms with Crippen molar-refractivity contribution in [1.82, 2.24) is 9.97 Å². The standard InChI is InChI=1S/C12H20N4O/c1-17-12-5-11(15-8-16-12)14-7-10-4-2-3-9(10)6-13/h5,8-10H,2-4,6-7,13H2,1H3,(H,14,15,16). The average molecular weight is 236 g/mol. The van der Waals surface area contributed by atoms with Gasteiger partial charge in [-0.1, -0.05) is 6.42 Å². The zero-order valence-corrected chi connectivity index (χ0v) is 10.2. The molecule has 1 aromatic heterocycles. The summed E-state index contributed by atoms with van der Waals surface area (Å²) in [5.74, 6) is 2.73. The number of anilines is 1. The summed E-state index contributed by atoms with van der Waals surface area (Å²) in [6, 6.07) is 1.81. The first-order chi connectivity index (χ1) is 8.33. The Morgan fingerprint density at radius 3 is 3.00 bits per heavy atom. The van der Waals surface area contributed by atoms with Gasteiger partial charge in [0, 0.05) is 12.6 Å². The molecule has 1 aromatic rings. The van der Waals surface area contributed by atoms with Gasteiger partial charge in [-0.15, -0.1) is 0 Å². The topological polar surface area (TPSA) is 73.1 Å². The minimum atomic E-state index is 0.587. The number of hydrogen-bond donors (Lipinski definition) is 2. The van der Waals surface area contributed by atoms with Crippen LogP contribution in [0.25, 0.3) is 0 Å². The number of rotatable bonds is 5. The van der Waals surface area contributed by atoms with Gasteiger partial charge in [-0.25, -0.2) is 9.97 Å². The van der Waals surface area contributed by atoms with Gasteiger partial charge in [0.15, 0.2) is 0 Å². The third kappa shape index (κ3) is 3.06. The number of nitrogens with zero attached hydrogens (tertiary/aromatic N) is 2. The van der Waals surface area contributed by atoms with E-state index in [0.717, 1.165) is 18.9 Å². The highest BCUT2D eigenvalue weighted by atomic mass is 16.5. The molecule has 3 N–H and O–H groups in total. The van der Waals surface area contributed by atoms with Crippen molar-refractivity contribution in [1.29, 1.82) is 0 Å². The Kier molecular flexibility index (Phi) is 4.14. The van der Waals surface area contributed by atoms with E-state index >= 15 is 0 Å². The Balaban J connectivity index is 1.88. The van der Waals surface area contributed by atoms with Crippen molar-refractivity contribution in [3.8, 4) is 5.88 Å². The summed E-state index contributed by atoms with van der Waals surface area (Å²) in [6.45, 7) is 1.72. The minimum absolute atomic E-state index is 0.587. The van der Waals surface area contributed by atoms with Crippen molar-refractivity contribution in [2.24, 2.45) is 17.6 Å². The number of nitrogens with one attached hydrogen (secondary N) is 1. The second-order valence-electron chi connectivity index (χ2n) is 4.51. The van der Waals surface area contributed by atoms with E-state index < -0.39 is 0 Å². The second kappa shape index (κ2) is 5.82. The Morgan fingerprint density at radius 2 is 2.24 bits per heavy atom. The molecular formula is C12H20N4O. The fraction of sp³-hybridized carbons (Fsp3) is 0.667. The highest BCUT2D eigenvalue weighted by Gasteiger charge is 2.25. The van der Waals surface area contributed by atoms with Crippen molar-refractivity contribution in [3.63, 3.8) is 0 Å². The summed E-state index contributed by atoms with van der Waals surface area (Å²) >= 11 is 0. The monoisotopic (exact) mass is 236 g/mol. The first kappa shape index (κ1) is 12.1. The molecule has 1 heterocycles. The van der Waals surface area contributed by atoms with Gasteiger partial charge in [0.2, 0.25) is 5.88 Å². The highest BCUT2D eigenvalue weighted by Crippen LogP contribution is 2.30. The van der Waals surface area contributed by atoms with Gasteiger partial charge in [-0.2, -0.15) is 0 Å². The van der Waals surface area contributed by atoms with Crippen LogP contribution in [0, 0.1) is 11.8 Å². The molecule has 0 radical (unpaired) electrons. The molecule has 1 saturated carbocycles. The summed E-state index contributed by atoms with van der Waals surface area (Å²) in [7, 11) is 1.60. The van der Waals surface area contributed by atoms with E-state index in [1.807, 2.05) is 6.07 Å². The molecular weight excluding hydrogens is 216 g/mol. The zero-order chi connectivity index (χ0) is 12.1. The van der Waals surface area contributed by atoms with Gasteiger partial charge in [-0.3, -0.25) is 0 Å². The van der Waals surface area contributed by atoms with Crippen LogP contribution < -0.4 is 15.8 Å². The van der Waals surface area contributed by atoms with Gasteiger partial charge in [-0.05, 0) is 31.2 Å². The van der Waals surface area contributed by atoms with Crippen molar-refractivity contribution in [3.05, 3.63) is 12.4 Å². The maximum atomic E-state index is 5.77. The maximum absolute atomic E-state index is 5.77. The van der Waals surface area contributed by atoms with Gasteiger partial charge < -0.3 is 15.8 Å². The quantitative estimate of drug-likeness (QED) is 0.805. The molecule has 1 fully saturated rings. The van der Waals surface area contributed by atoms with E-state index in [1.165, 1.54) is 25.6 Å². The Bertz CT molecular complexity index is 358. The zero-order valence-electron chi connectivity index (χ0n) is 10.2. The minimum Gasteiger partial charge on any atom is -0.481 e. The molecule has 1 aliphatic rings. The molecule has 1 aliphatic carbocycles. The summed E-state index contributed by atoms with van der Waals surface area (Å²) < 4.78 is 5.06. The molecule has 0 amide bonds. The van der Waals surface area contributed by atoms with Crippen LogP contribution in [-0.4, -0.2) is 30.2 Å². The molecule has 2 rings (SSSR count). The van der Waals surface area contributed by atoms with Crippen LogP contribution >= 0.6 is 0 Å². The van der Waals surface area contributed by atoms with E-state index in [9.17, 15) is 0 Å². The first-order valence-electron chi connectivity index (χ1n) is 6.13. The SMILES string of the molecule is COc1cc(NCC2CCCC2CN)ncn1. The Morgan fingerprint density at radius 1 is 1.41 bits per heavy atom. The molecule has 94 valence electrons. The van der Waals surface area contributed by atoms with E-state index in [1.54, 1.807) is 7.11 Å². The van der Waals surface area contributed by atoms with Crippen LogP contribution in [0.2, 0.25) is 0 Å². The normalized spacial score (nSPS) is 23.6. The number of aromatic nitrogens is 2. The fourth-order valence-corrected chi connectivity index (χ4v) is 2.48. The lowest BCUT2D eigenvalue weighted by atomic mass is 9.96. The van der Waals surface area contributed by atoms with Crippen molar-refractivity contribution in [2.75, 3.05) is 25.5 Å². The first-order valence-corrected chi connectivity index (χ1v) is 6.13. The predicted octanol–water partition coefficient (Wildman–Crippen LogP) is 1.27. The lowest BCUT2D eigenvalue weighted by Crippen LogP contribution is -2.24. The van der Waals surface area contributed by atoms with Gasteiger partial charge in [0.05, 0.1) is 7.11 Å². The summed E-state index contributed by atoms with van der Waals surface area (Å²) in [4.78, 5) is 8.14. The van der Waals surface area contributed by atoms with Crippen LogP contribution in [0.1, 0.15) is 19.3 Å². The number of methoxy groups -OCH3 is 1. The molecule has 0 aliphatic heterocycles. The number of hydrogen-bond acceptors (Lipinski definition) is 5. The third-order valence-corrected chi connectivity index (χ3v) is 3.52. The van der Waals surface area contributed by atoms with Crippen LogP contribution in [0.5, 0.6) is 5.88 Å². The molecule has 0 aromatic carbocycles. The van der Waals surface area contributed by atoms with Crippen LogP contribution in [0.4, 0.5) is 5.82 Å². The van der Waals surface area contributed by atoms with Crippen molar-refractivity contribution in [2.45, 2.75) is 19.3 Å². The molecule has 0 spiro atoms. The lowest BCUT2D eigenvalue weighted by Gasteiger charge is -2.18.